The average Bonchev–Trinajstić information content (AvgIpc) is 3.24. The first-order chi connectivity index (χ1) is 15.9. The summed E-state index contributed by atoms with van der Waals surface area (Å²) < 4.78 is 7.76. The molecule has 1 N–H and O–H groups in total. The van der Waals surface area contributed by atoms with E-state index in [1.165, 1.54) is 31.0 Å². The number of nitrogens with one attached hydrogen (secondary N) is 1. The quantitative estimate of drug-likeness (QED) is 0.526. The summed E-state index contributed by atoms with van der Waals surface area (Å²) in [4.78, 5) is 26.6. The van der Waals surface area contributed by atoms with Crippen LogP contribution in [0.15, 0.2) is 29.4 Å². The van der Waals surface area contributed by atoms with Crippen molar-refractivity contribution >= 4 is 23.6 Å². The maximum Gasteiger partial charge on any atom is 0.239 e. The summed E-state index contributed by atoms with van der Waals surface area (Å²) in [6, 6.07) is 8.16. The first kappa shape index (κ1) is 25.1. The predicted molar refractivity (Wildman–Crippen MR) is 130 cm³/mol. The van der Waals surface area contributed by atoms with Crippen LogP contribution in [-0.4, -0.2) is 63.5 Å². The van der Waals surface area contributed by atoms with E-state index in [0.29, 0.717) is 12.6 Å². The summed E-state index contributed by atoms with van der Waals surface area (Å²) in [7, 11) is 1.66. The molecular weight excluding hydrogens is 438 g/mol. The van der Waals surface area contributed by atoms with Crippen LogP contribution in [0.3, 0.4) is 0 Å². The minimum absolute atomic E-state index is 0.0446. The molecule has 2 aromatic rings. The molecule has 0 unspecified atom stereocenters. The first-order valence-electron chi connectivity index (χ1n) is 11.7. The molecule has 180 valence electrons. The molecule has 0 atom stereocenters. The van der Waals surface area contributed by atoms with Crippen molar-refractivity contribution in [2.45, 2.75) is 70.1 Å². The average molecular weight is 474 g/mol. The zero-order valence-corrected chi connectivity index (χ0v) is 20.9. The summed E-state index contributed by atoms with van der Waals surface area (Å²) in [6.07, 6.45) is 5.72. The molecule has 2 amide bonds. The zero-order chi connectivity index (χ0) is 23.8. The first-order valence-corrected chi connectivity index (χ1v) is 12.7. The smallest absolute Gasteiger partial charge is 0.239 e. The van der Waals surface area contributed by atoms with E-state index in [9.17, 15) is 9.59 Å². The Morgan fingerprint density at radius 1 is 1.21 bits per heavy atom. The normalized spacial score (nSPS) is 14.3. The lowest BCUT2D eigenvalue weighted by Gasteiger charge is -2.26. The second-order valence-corrected chi connectivity index (χ2v) is 9.53. The van der Waals surface area contributed by atoms with Gasteiger partial charge in [-0.1, -0.05) is 43.2 Å². The largest absolute Gasteiger partial charge is 0.496 e. The van der Waals surface area contributed by atoms with Crippen molar-refractivity contribution in [3.8, 4) is 17.1 Å². The second-order valence-electron chi connectivity index (χ2n) is 8.59. The fraction of sp³-hybridized carbons (Fsp3) is 0.583. The highest BCUT2D eigenvalue weighted by Crippen LogP contribution is 2.38. The number of methoxy groups -OCH3 is 1. The zero-order valence-electron chi connectivity index (χ0n) is 20.0. The molecule has 1 heterocycles. The summed E-state index contributed by atoms with van der Waals surface area (Å²) in [6.45, 7) is 6.24. The Morgan fingerprint density at radius 3 is 2.61 bits per heavy atom. The van der Waals surface area contributed by atoms with E-state index in [4.69, 9.17) is 4.74 Å². The molecule has 8 nitrogen and oxygen atoms in total. The van der Waals surface area contributed by atoms with Crippen molar-refractivity contribution in [1.82, 2.24) is 25.0 Å². The fourth-order valence-corrected chi connectivity index (χ4v) is 5.10. The van der Waals surface area contributed by atoms with Crippen molar-refractivity contribution in [3.05, 3.63) is 24.3 Å². The fourth-order valence-electron chi connectivity index (χ4n) is 4.19. The minimum atomic E-state index is -0.144. The van der Waals surface area contributed by atoms with Gasteiger partial charge in [0.2, 0.25) is 11.8 Å². The van der Waals surface area contributed by atoms with Crippen LogP contribution in [0, 0.1) is 0 Å². The predicted octanol–water partition coefficient (Wildman–Crippen LogP) is 3.92. The molecule has 0 aliphatic heterocycles. The highest BCUT2D eigenvalue weighted by Gasteiger charge is 2.26. The van der Waals surface area contributed by atoms with Gasteiger partial charge in [0.25, 0.3) is 0 Å². The molecule has 1 aliphatic carbocycles. The summed E-state index contributed by atoms with van der Waals surface area (Å²) in [5.41, 5.74) is 0.900. The van der Waals surface area contributed by atoms with E-state index in [1.54, 1.807) is 12.0 Å². The van der Waals surface area contributed by atoms with Crippen LogP contribution < -0.4 is 10.1 Å². The number of likely N-dealkylation sites (N-methyl/N-ethyl adjacent to an activating group) is 1. The third-order valence-electron chi connectivity index (χ3n) is 5.80. The lowest BCUT2D eigenvalue weighted by Crippen LogP contribution is -2.43. The van der Waals surface area contributed by atoms with Crippen LogP contribution in [0.2, 0.25) is 0 Å². The van der Waals surface area contributed by atoms with Gasteiger partial charge < -0.3 is 15.0 Å². The maximum absolute atomic E-state index is 12.9. The van der Waals surface area contributed by atoms with Crippen molar-refractivity contribution in [3.63, 3.8) is 0 Å². The van der Waals surface area contributed by atoms with Gasteiger partial charge in [0, 0.05) is 18.6 Å². The number of carbonyl (C=O) groups is 2. The van der Waals surface area contributed by atoms with Crippen molar-refractivity contribution in [1.29, 1.82) is 0 Å². The number of carbonyl (C=O) groups excluding carboxylic acids is 2. The van der Waals surface area contributed by atoms with Gasteiger partial charge in [0.1, 0.15) is 5.75 Å². The molecule has 1 fully saturated rings. The molecule has 1 aromatic heterocycles. The molecule has 0 spiro atoms. The summed E-state index contributed by atoms with van der Waals surface area (Å²) in [5, 5.41) is 12.6. The maximum atomic E-state index is 12.9. The Balaban J connectivity index is 1.80. The number of hydrogen-bond donors (Lipinski definition) is 1. The Hall–Kier alpha value is -2.55. The molecule has 33 heavy (non-hydrogen) atoms. The number of thioether (sulfide) groups is 1. The van der Waals surface area contributed by atoms with Gasteiger partial charge in [-0.05, 0) is 45.7 Å². The van der Waals surface area contributed by atoms with Gasteiger partial charge >= 0.3 is 0 Å². The van der Waals surface area contributed by atoms with Gasteiger partial charge in [-0.3, -0.25) is 14.2 Å². The van der Waals surface area contributed by atoms with E-state index in [0.717, 1.165) is 35.1 Å². The summed E-state index contributed by atoms with van der Waals surface area (Å²) in [5.74, 6) is 1.51. The molecule has 0 bridgehead atoms. The Labute approximate surface area is 200 Å². The number of nitrogens with zero attached hydrogens (tertiary/aromatic N) is 4. The van der Waals surface area contributed by atoms with Crippen LogP contribution in [0.1, 0.15) is 58.9 Å². The van der Waals surface area contributed by atoms with E-state index in [2.05, 4.69) is 20.1 Å². The summed E-state index contributed by atoms with van der Waals surface area (Å²) >= 11 is 1.39. The molecular formula is C24H35N5O3S. The van der Waals surface area contributed by atoms with Crippen LogP contribution in [-0.2, 0) is 9.59 Å². The number of rotatable bonds is 10. The van der Waals surface area contributed by atoms with Gasteiger partial charge in [-0.15, -0.1) is 10.2 Å². The molecule has 0 radical (unpaired) electrons. The molecule has 3 rings (SSSR count). The van der Waals surface area contributed by atoms with Gasteiger partial charge in [-0.25, -0.2) is 0 Å². The highest BCUT2D eigenvalue weighted by atomic mass is 32.2. The lowest BCUT2D eigenvalue weighted by molar-refractivity contribution is -0.134. The standard InChI is InChI=1S/C24H35N5O3S/c1-5-28(15-21(30)25-17(2)3)22(31)16-33-24-27-26-23(19-13-9-10-14-20(19)32-4)29(24)18-11-7-6-8-12-18/h9-10,13-14,17-18H,5-8,11-12,15-16H2,1-4H3,(H,25,30). The van der Waals surface area contributed by atoms with Gasteiger partial charge in [-0.2, -0.15) is 0 Å². The Morgan fingerprint density at radius 2 is 1.94 bits per heavy atom. The number of benzene rings is 1. The number of ether oxygens (including phenoxy) is 1. The molecule has 1 aromatic carbocycles. The molecule has 0 saturated heterocycles. The Kier molecular flexibility index (Phi) is 9.17. The van der Waals surface area contributed by atoms with Crippen molar-refractivity contribution in [2.24, 2.45) is 0 Å². The van der Waals surface area contributed by atoms with Crippen LogP contribution in [0.25, 0.3) is 11.4 Å². The minimum Gasteiger partial charge on any atom is -0.496 e. The third kappa shape index (κ3) is 6.50. The van der Waals surface area contributed by atoms with Gasteiger partial charge in [0.05, 0.1) is 25.0 Å². The highest BCUT2D eigenvalue weighted by molar-refractivity contribution is 7.99. The van der Waals surface area contributed by atoms with Crippen LogP contribution in [0.5, 0.6) is 5.75 Å². The SMILES string of the molecule is CCN(CC(=O)NC(C)C)C(=O)CSc1nnc(-c2ccccc2OC)n1C1CCCCC1. The number of aromatic nitrogens is 3. The number of hydrogen-bond acceptors (Lipinski definition) is 6. The molecule has 9 heteroatoms. The van der Waals surface area contributed by atoms with E-state index >= 15 is 0 Å². The number of amides is 2. The molecule has 1 aliphatic rings. The molecule has 1 saturated carbocycles. The van der Waals surface area contributed by atoms with E-state index in [1.807, 2.05) is 45.0 Å². The van der Waals surface area contributed by atoms with Crippen LogP contribution >= 0.6 is 11.8 Å². The monoisotopic (exact) mass is 473 g/mol. The van der Waals surface area contributed by atoms with Crippen molar-refractivity contribution in [2.75, 3.05) is 26.0 Å². The Bertz CT molecular complexity index is 940. The number of para-hydroxylation sites is 1. The van der Waals surface area contributed by atoms with Crippen molar-refractivity contribution < 1.29 is 14.3 Å². The third-order valence-corrected chi connectivity index (χ3v) is 6.72. The van der Waals surface area contributed by atoms with E-state index < -0.39 is 0 Å². The van der Waals surface area contributed by atoms with E-state index in [-0.39, 0.29) is 30.2 Å². The second kappa shape index (κ2) is 12.1. The van der Waals surface area contributed by atoms with Gasteiger partial charge in [0.15, 0.2) is 11.0 Å². The lowest BCUT2D eigenvalue weighted by atomic mass is 9.95. The van der Waals surface area contributed by atoms with Crippen LogP contribution in [0.4, 0.5) is 0 Å². The topological polar surface area (TPSA) is 89.3 Å².